The van der Waals surface area contributed by atoms with Gasteiger partial charge in [-0.15, -0.1) is 0 Å². The third-order valence-electron chi connectivity index (χ3n) is 3.37. The average Bonchev–Trinajstić information content (AvgIpc) is 3.04. The van der Waals surface area contributed by atoms with Crippen molar-refractivity contribution >= 4 is 45.6 Å². The summed E-state index contributed by atoms with van der Waals surface area (Å²) in [6.45, 7) is 0.138. The van der Waals surface area contributed by atoms with Crippen molar-refractivity contribution in [2.24, 2.45) is 0 Å². The number of amides is 2. The molecule has 1 atom stereocenters. The molecule has 2 N–H and O–H groups in total. The van der Waals surface area contributed by atoms with Crippen molar-refractivity contribution in [2.75, 3.05) is 28.9 Å². The number of fused-ring (bicyclic) bond motifs is 1. The molecule has 0 fully saturated rings. The Kier molecular flexibility index (Phi) is 5.75. The quantitative estimate of drug-likeness (QED) is 0.784. The fourth-order valence-corrected chi connectivity index (χ4v) is 3.20. The molecule has 0 aromatic heterocycles. The van der Waals surface area contributed by atoms with Crippen molar-refractivity contribution in [3.63, 3.8) is 0 Å². The molecule has 1 heterocycles. The molecule has 0 aliphatic carbocycles. The maximum absolute atomic E-state index is 12.0. The van der Waals surface area contributed by atoms with Gasteiger partial charge in [0.1, 0.15) is 11.5 Å². The summed E-state index contributed by atoms with van der Waals surface area (Å²) in [4.78, 5) is 23.9. The van der Waals surface area contributed by atoms with Crippen molar-refractivity contribution in [2.45, 2.75) is 0 Å². The van der Waals surface area contributed by atoms with Gasteiger partial charge in [-0.2, -0.15) is 0 Å². The molecule has 0 spiro atoms. The monoisotopic (exact) mass is 394 g/mol. The lowest BCUT2D eigenvalue weighted by atomic mass is 10.3. The second-order valence-electron chi connectivity index (χ2n) is 5.40. The Hall–Kier alpha value is -2.58. The van der Waals surface area contributed by atoms with E-state index in [2.05, 4.69) is 10.6 Å². The molecule has 9 heteroatoms. The number of hydrogen-bond acceptors (Lipinski definition) is 5. The van der Waals surface area contributed by atoms with Gasteiger partial charge in [-0.3, -0.25) is 13.8 Å². The Morgan fingerprint density at radius 2 is 1.50 bits per heavy atom. The summed E-state index contributed by atoms with van der Waals surface area (Å²) < 4.78 is 22.4. The number of nitrogens with one attached hydrogen (secondary N) is 2. The Bertz CT molecular complexity index is 857. The van der Waals surface area contributed by atoms with Gasteiger partial charge in [0, 0.05) is 33.3 Å². The number of carbonyl (C=O) groups is 2. The van der Waals surface area contributed by atoms with E-state index in [4.69, 9.17) is 21.1 Å². The molecule has 1 aliphatic rings. The first-order valence-corrected chi connectivity index (χ1v) is 9.46. The van der Waals surface area contributed by atoms with E-state index in [1.807, 2.05) is 0 Å². The fourth-order valence-electron chi connectivity index (χ4n) is 2.25. The van der Waals surface area contributed by atoms with Crippen LogP contribution in [0.5, 0.6) is 11.5 Å². The van der Waals surface area contributed by atoms with Gasteiger partial charge in [0.05, 0.1) is 0 Å². The van der Waals surface area contributed by atoms with E-state index in [1.54, 1.807) is 42.5 Å². The van der Waals surface area contributed by atoms with Crippen LogP contribution in [0.3, 0.4) is 0 Å². The van der Waals surface area contributed by atoms with Gasteiger partial charge < -0.3 is 20.1 Å². The molecule has 3 rings (SSSR count). The lowest BCUT2D eigenvalue weighted by Gasteiger charge is -2.07. The summed E-state index contributed by atoms with van der Waals surface area (Å²) in [6, 6.07) is 11.5. The molecule has 0 radical (unpaired) electrons. The summed E-state index contributed by atoms with van der Waals surface area (Å²) in [5.41, 5.74) is 1.04. The molecular weight excluding hydrogens is 380 g/mol. The van der Waals surface area contributed by atoms with Gasteiger partial charge in [-0.05, 0) is 36.4 Å². The van der Waals surface area contributed by atoms with E-state index < -0.39 is 22.6 Å². The molecule has 136 valence electrons. The van der Waals surface area contributed by atoms with Crippen LogP contribution in [0.25, 0.3) is 0 Å². The smallest absolute Gasteiger partial charge is 0.237 e. The van der Waals surface area contributed by atoms with Crippen LogP contribution in [0.1, 0.15) is 0 Å². The van der Waals surface area contributed by atoms with E-state index in [0.29, 0.717) is 27.9 Å². The predicted octanol–water partition coefficient (Wildman–Crippen LogP) is 2.39. The minimum atomic E-state index is -1.64. The summed E-state index contributed by atoms with van der Waals surface area (Å²) in [5, 5.41) is 5.76. The molecule has 1 aliphatic heterocycles. The molecule has 0 unspecified atom stereocenters. The number of benzene rings is 2. The highest BCUT2D eigenvalue weighted by Crippen LogP contribution is 2.34. The van der Waals surface area contributed by atoms with Gasteiger partial charge >= 0.3 is 0 Å². The Balaban J connectivity index is 1.47. The van der Waals surface area contributed by atoms with E-state index in [0.717, 1.165) is 0 Å². The lowest BCUT2D eigenvalue weighted by molar-refractivity contribution is -0.114. The molecule has 26 heavy (non-hydrogen) atoms. The summed E-state index contributed by atoms with van der Waals surface area (Å²) >= 11 is 5.77. The largest absolute Gasteiger partial charge is 0.454 e. The second kappa shape index (κ2) is 8.20. The topological polar surface area (TPSA) is 93.7 Å². The van der Waals surface area contributed by atoms with Crippen LogP contribution < -0.4 is 20.1 Å². The third-order valence-corrected chi connectivity index (χ3v) is 4.79. The molecule has 0 saturated heterocycles. The van der Waals surface area contributed by atoms with Crippen molar-refractivity contribution < 1.29 is 23.3 Å². The number of ether oxygens (including phenoxy) is 2. The van der Waals surface area contributed by atoms with Crippen LogP contribution in [0.4, 0.5) is 11.4 Å². The van der Waals surface area contributed by atoms with E-state index in [-0.39, 0.29) is 18.3 Å². The fraction of sp³-hybridized carbons (Fsp3) is 0.176. The van der Waals surface area contributed by atoms with Gasteiger partial charge in [-0.25, -0.2) is 0 Å². The summed E-state index contributed by atoms with van der Waals surface area (Å²) in [5.74, 6) is -0.334. The first-order chi connectivity index (χ1) is 12.5. The SMILES string of the molecule is O=C(C[S@@](=O)CC(=O)Nc1ccc2c(c1)OCO2)Nc1ccc(Cl)cc1. The minimum Gasteiger partial charge on any atom is -0.454 e. The average molecular weight is 395 g/mol. The molecule has 2 aromatic carbocycles. The van der Waals surface area contributed by atoms with Crippen molar-refractivity contribution in [1.82, 2.24) is 0 Å². The van der Waals surface area contributed by atoms with Crippen LogP contribution in [0, 0.1) is 0 Å². The third kappa shape index (κ3) is 4.96. The Morgan fingerprint density at radius 1 is 0.923 bits per heavy atom. The highest BCUT2D eigenvalue weighted by atomic mass is 35.5. The number of carbonyl (C=O) groups excluding carboxylic acids is 2. The van der Waals surface area contributed by atoms with Crippen LogP contribution in [0.15, 0.2) is 42.5 Å². The predicted molar refractivity (Wildman–Crippen MR) is 99.2 cm³/mol. The molecule has 2 aromatic rings. The minimum absolute atomic E-state index is 0.138. The second-order valence-corrected chi connectivity index (χ2v) is 7.29. The molecule has 2 amide bonds. The van der Waals surface area contributed by atoms with Crippen LogP contribution in [-0.4, -0.2) is 34.3 Å². The van der Waals surface area contributed by atoms with Crippen LogP contribution in [-0.2, 0) is 20.4 Å². The zero-order valence-corrected chi connectivity index (χ0v) is 15.1. The zero-order chi connectivity index (χ0) is 18.5. The Morgan fingerprint density at radius 3 is 2.19 bits per heavy atom. The molecule has 0 saturated carbocycles. The van der Waals surface area contributed by atoms with Crippen molar-refractivity contribution in [3.8, 4) is 11.5 Å². The maximum atomic E-state index is 12.0. The zero-order valence-electron chi connectivity index (χ0n) is 13.5. The molecule has 0 bridgehead atoms. The van der Waals surface area contributed by atoms with Gasteiger partial charge in [0.15, 0.2) is 11.5 Å². The number of rotatable bonds is 6. The van der Waals surface area contributed by atoms with Crippen molar-refractivity contribution in [1.29, 1.82) is 0 Å². The highest BCUT2D eigenvalue weighted by molar-refractivity contribution is 7.86. The first kappa shape index (κ1) is 18.2. The standard InChI is InChI=1S/C17H15ClN2O5S/c18-11-1-3-12(4-2-11)19-16(21)8-26(23)9-17(22)20-13-5-6-14-15(7-13)25-10-24-14/h1-7H,8-10H2,(H,19,21)(H,20,22)/t26-/m1/s1. The van der Waals surface area contributed by atoms with Gasteiger partial charge in [-0.1, -0.05) is 11.6 Å². The molecular formula is C17H15ClN2O5S. The van der Waals surface area contributed by atoms with Crippen LogP contribution >= 0.6 is 11.6 Å². The van der Waals surface area contributed by atoms with E-state index >= 15 is 0 Å². The number of hydrogen-bond donors (Lipinski definition) is 2. The van der Waals surface area contributed by atoms with Crippen molar-refractivity contribution in [3.05, 3.63) is 47.5 Å². The lowest BCUT2D eigenvalue weighted by Crippen LogP contribution is -2.26. The van der Waals surface area contributed by atoms with E-state index in [9.17, 15) is 13.8 Å². The number of anilines is 2. The van der Waals surface area contributed by atoms with Gasteiger partial charge in [0.25, 0.3) is 0 Å². The summed E-state index contributed by atoms with van der Waals surface area (Å²) in [6.07, 6.45) is 0. The maximum Gasteiger partial charge on any atom is 0.237 e. The summed E-state index contributed by atoms with van der Waals surface area (Å²) in [7, 11) is -1.64. The first-order valence-electron chi connectivity index (χ1n) is 7.59. The van der Waals surface area contributed by atoms with Gasteiger partial charge in [0.2, 0.25) is 18.6 Å². The van der Waals surface area contributed by atoms with E-state index in [1.165, 1.54) is 0 Å². The number of halogens is 1. The molecule has 7 nitrogen and oxygen atoms in total. The highest BCUT2D eigenvalue weighted by Gasteiger charge is 2.16. The Labute approximate surface area is 157 Å². The normalized spacial score (nSPS) is 13.1. The van der Waals surface area contributed by atoms with Crippen LogP contribution in [0.2, 0.25) is 5.02 Å².